The molecular formula is C17H16BrNO4. The van der Waals surface area contributed by atoms with Gasteiger partial charge in [0.2, 0.25) is 0 Å². The van der Waals surface area contributed by atoms with E-state index in [2.05, 4.69) is 15.9 Å². The fourth-order valence-electron chi connectivity index (χ4n) is 2.10. The molecule has 0 aliphatic rings. The Morgan fingerprint density at radius 2 is 1.74 bits per heavy atom. The average molecular weight is 378 g/mol. The molecule has 5 nitrogen and oxygen atoms in total. The van der Waals surface area contributed by atoms with Crippen LogP contribution in [0.3, 0.4) is 0 Å². The third-order valence-electron chi connectivity index (χ3n) is 3.30. The summed E-state index contributed by atoms with van der Waals surface area (Å²) in [6.07, 6.45) is -0.691. The number of carbonyl (C=O) groups is 2. The number of likely N-dealkylation sites (N-methyl/N-ethyl adjacent to an activating group) is 1. The number of benzene rings is 2. The Morgan fingerprint density at radius 1 is 1.13 bits per heavy atom. The number of halogens is 1. The number of rotatable bonds is 5. The molecule has 2 aromatic rings. The quantitative estimate of drug-likeness (QED) is 0.859. The van der Waals surface area contributed by atoms with Crippen LogP contribution in [0.4, 0.5) is 4.79 Å². The molecule has 0 spiro atoms. The SMILES string of the molecule is CN(C(=O)OCc1ccccc1)C(C(=O)O)c1ccc(Br)cc1. The zero-order chi connectivity index (χ0) is 16.8. The van der Waals surface area contributed by atoms with Gasteiger partial charge in [-0.15, -0.1) is 0 Å². The Labute approximate surface area is 142 Å². The van der Waals surface area contributed by atoms with Crippen LogP contribution in [0, 0.1) is 0 Å². The van der Waals surface area contributed by atoms with E-state index in [0.717, 1.165) is 14.9 Å². The average Bonchev–Trinajstić information content (AvgIpc) is 2.55. The molecule has 23 heavy (non-hydrogen) atoms. The Balaban J connectivity index is 2.08. The van der Waals surface area contributed by atoms with Crippen LogP contribution in [-0.2, 0) is 16.1 Å². The summed E-state index contributed by atoms with van der Waals surface area (Å²) >= 11 is 3.30. The molecule has 120 valence electrons. The summed E-state index contributed by atoms with van der Waals surface area (Å²) in [5.41, 5.74) is 1.34. The Bertz CT molecular complexity index is 673. The minimum Gasteiger partial charge on any atom is -0.479 e. The van der Waals surface area contributed by atoms with Crippen LogP contribution in [0.25, 0.3) is 0 Å². The maximum absolute atomic E-state index is 12.1. The van der Waals surface area contributed by atoms with Gasteiger partial charge < -0.3 is 9.84 Å². The lowest BCUT2D eigenvalue weighted by molar-refractivity contribution is -0.142. The second-order valence-electron chi connectivity index (χ2n) is 4.94. The molecule has 1 unspecified atom stereocenters. The van der Waals surface area contributed by atoms with Crippen molar-refractivity contribution in [1.29, 1.82) is 0 Å². The van der Waals surface area contributed by atoms with Crippen molar-refractivity contribution in [3.63, 3.8) is 0 Å². The highest BCUT2D eigenvalue weighted by atomic mass is 79.9. The van der Waals surface area contributed by atoms with E-state index in [1.165, 1.54) is 7.05 Å². The zero-order valence-electron chi connectivity index (χ0n) is 12.5. The summed E-state index contributed by atoms with van der Waals surface area (Å²) in [5.74, 6) is -1.12. The van der Waals surface area contributed by atoms with Crippen molar-refractivity contribution in [2.45, 2.75) is 12.6 Å². The van der Waals surface area contributed by atoms with Crippen molar-refractivity contribution in [2.75, 3.05) is 7.05 Å². The topological polar surface area (TPSA) is 66.8 Å². The smallest absolute Gasteiger partial charge is 0.410 e. The zero-order valence-corrected chi connectivity index (χ0v) is 14.1. The highest BCUT2D eigenvalue weighted by Gasteiger charge is 2.29. The van der Waals surface area contributed by atoms with Gasteiger partial charge in [-0.05, 0) is 23.3 Å². The fourth-order valence-corrected chi connectivity index (χ4v) is 2.37. The molecule has 0 aromatic heterocycles. The van der Waals surface area contributed by atoms with Gasteiger partial charge in [0.15, 0.2) is 6.04 Å². The fraction of sp³-hybridized carbons (Fsp3) is 0.176. The standard InChI is InChI=1S/C17H16BrNO4/c1-19(17(22)23-11-12-5-3-2-4-6-12)15(16(20)21)13-7-9-14(18)10-8-13/h2-10,15H,11H2,1H3,(H,20,21). The molecule has 1 atom stereocenters. The van der Waals surface area contributed by atoms with Crippen LogP contribution >= 0.6 is 15.9 Å². The van der Waals surface area contributed by atoms with Gasteiger partial charge in [0.25, 0.3) is 0 Å². The number of ether oxygens (including phenoxy) is 1. The Kier molecular flexibility index (Phi) is 5.76. The summed E-state index contributed by atoms with van der Waals surface area (Å²) < 4.78 is 6.01. The second kappa shape index (κ2) is 7.78. The number of hydrogen-bond donors (Lipinski definition) is 1. The lowest BCUT2D eigenvalue weighted by atomic mass is 10.1. The second-order valence-corrected chi connectivity index (χ2v) is 5.86. The highest BCUT2D eigenvalue weighted by Crippen LogP contribution is 2.23. The summed E-state index contributed by atoms with van der Waals surface area (Å²) in [7, 11) is 1.41. The minimum absolute atomic E-state index is 0.0939. The van der Waals surface area contributed by atoms with E-state index >= 15 is 0 Å². The van der Waals surface area contributed by atoms with E-state index in [-0.39, 0.29) is 6.61 Å². The molecule has 0 bridgehead atoms. The van der Waals surface area contributed by atoms with Gasteiger partial charge in [-0.25, -0.2) is 9.59 Å². The van der Waals surface area contributed by atoms with E-state index in [4.69, 9.17) is 4.74 Å². The van der Waals surface area contributed by atoms with Crippen LogP contribution < -0.4 is 0 Å². The van der Waals surface area contributed by atoms with Crippen molar-refractivity contribution in [3.8, 4) is 0 Å². The molecule has 2 rings (SSSR count). The minimum atomic E-state index is -1.12. The summed E-state index contributed by atoms with van der Waals surface area (Å²) in [5, 5.41) is 9.44. The normalized spacial score (nSPS) is 11.6. The van der Waals surface area contributed by atoms with Gasteiger partial charge in [0.05, 0.1) is 0 Å². The molecule has 0 heterocycles. The molecular weight excluding hydrogens is 362 g/mol. The predicted octanol–water partition coefficient (Wildman–Crippen LogP) is 3.84. The van der Waals surface area contributed by atoms with Crippen LogP contribution in [-0.4, -0.2) is 29.1 Å². The van der Waals surface area contributed by atoms with Gasteiger partial charge >= 0.3 is 12.1 Å². The van der Waals surface area contributed by atoms with E-state index in [1.807, 2.05) is 30.3 Å². The van der Waals surface area contributed by atoms with Crippen molar-refractivity contribution in [2.24, 2.45) is 0 Å². The lowest BCUT2D eigenvalue weighted by Gasteiger charge is -2.24. The van der Waals surface area contributed by atoms with E-state index < -0.39 is 18.1 Å². The first-order chi connectivity index (χ1) is 11.0. The number of carboxylic acids is 1. The van der Waals surface area contributed by atoms with Crippen molar-refractivity contribution in [3.05, 3.63) is 70.2 Å². The predicted molar refractivity (Wildman–Crippen MR) is 88.9 cm³/mol. The first-order valence-electron chi connectivity index (χ1n) is 6.91. The third kappa shape index (κ3) is 4.56. The van der Waals surface area contributed by atoms with Crippen LogP contribution in [0.15, 0.2) is 59.1 Å². The molecule has 6 heteroatoms. The Morgan fingerprint density at radius 3 is 2.30 bits per heavy atom. The monoisotopic (exact) mass is 377 g/mol. The van der Waals surface area contributed by atoms with Gasteiger partial charge in [0, 0.05) is 11.5 Å². The van der Waals surface area contributed by atoms with Crippen LogP contribution in [0.5, 0.6) is 0 Å². The molecule has 0 aliphatic carbocycles. The van der Waals surface area contributed by atoms with E-state index in [1.54, 1.807) is 24.3 Å². The number of hydrogen-bond acceptors (Lipinski definition) is 3. The third-order valence-corrected chi connectivity index (χ3v) is 3.83. The largest absolute Gasteiger partial charge is 0.479 e. The Hall–Kier alpha value is -2.34. The summed E-state index contributed by atoms with van der Waals surface area (Å²) in [6.45, 7) is 0.0939. The van der Waals surface area contributed by atoms with Gasteiger partial charge in [0.1, 0.15) is 6.61 Å². The summed E-state index contributed by atoms with van der Waals surface area (Å²) in [6, 6.07) is 14.9. The molecule has 2 aromatic carbocycles. The van der Waals surface area contributed by atoms with Gasteiger partial charge in [-0.1, -0.05) is 58.4 Å². The van der Waals surface area contributed by atoms with Crippen molar-refractivity contribution >= 4 is 28.0 Å². The maximum Gasteiger partial charge on any atom is 0.410 e. The van der Waals surface area contributed by atoms with E-state index in [0.29, 0.717) is 5.56 Å². The summed E-state index contributed by atoms with van der Waals surface area (Å²) in [4.78, 5) is 24.8. The number of amides is 1. The number of carboxylic acid groups (broad SMARTS) is 1. The van der Waals surface area contributed by atoms with Crippen molar-refractivity contribution in [1.82, 2.24) is 4.90 Å². The van der Waals surface area contributed by atoms with Crippen LogP contribution in [0.1, 0.15) is 17.2 Å². The lowest BCUT2D eigenvalue weighted by Crippen LogP contribution is -2.36. The van der Waals surface area contributed by atoms with Crippen LogP contribution in [0.2, 0.25) is 0 Å². The number of nitrogens with zero attached hydrogens (tertiary/aromatic N) is 1. The molecule has 0 saturated carbocycles. The molecule has 0 radical (unpaired) electrons. The van der Waals surface area contributed by atoms with Gasteiger partial charge in [-0.2, -0.15) is 0 Å². The molecule has 0 aliphatic heterocycles. The molecule has 0 saturated heterocycles. The van der Waals surface area contributed by atoms with Gasteiger partial charge in [-0.3, -0.25) is 4.90 Å². The highest BCUT2D eigenvalue weighted by molar-refractivity contribution is 9.10. The molecule has 1 amide bonds. The van der Waals surface area contributed by atoms with E-state index in [9.17, 15) is 14.7 Å². The maximum atomic E-state index is 12.1. The molecule has 0 fully saturated rings. The first kappa shape index (κ1) is 17.0. The number of aliphatic carboxylic acids is 1. The van der Waals surface area contributed by atoms with Crippen molar-refractivity contribution < 1.29 is 19.4 Å². The first-order valence-corrected chi connectivity index (χ1v) is 7.70. The number of carbonyl (C=O) groups excluding carboxylic acids is 1. The molecule has 1 N–H and O–H groups in total.